The fourth-order valence-electron chi connectivity index (χ4n) is 2.66. The Morgan fingerprint density at radius 2 is 1.90 bits per heavy atom. The number of hydrogen-bond acceptors (Lipinski definition) is 3. The molecule has 3 nitrogen and oxygen atoms in total. The summed E-state index contributed by atoms with van der Waals surface area (Å²) in [7, 11) is 0. The summed E-state index contributed by atoms with van der Waals surface area (Å²) >= 11 is 0. The first-order chi connectivity index (χ1) is 9.69. The van der Waals surface area contributed by atoms with Crippen LogP contribution < -0.4 is 0 Å². The molecule has 3 heteroatoms. The van der Waals surface area contributed by atoms with Gasteiger partial charge in [0.15, 0.2) is 0 Å². The lowest BCUT2D eigenvalue weighted by molar-refractivity contribution is -0.0129. The van der Waals surface area contributed by atoms with Crippen LogP contribution in [0.2, 0.25) is 0 Å². The number of aliphatic hydroxyl groups is 1. The van der Waals surface area contributed by atoms with Gasteiger partial charge in [0, 0.05) is 25.7 Å². The number of hydrogen-bond donors (Lipinski definition) is 1. The third kappa shape index (κ3) is 4.58. The molecular formula is C17H27NO2. The van der Waals surface area contributed by atoms with E-state index in [-0.39, 0.29) is 6.61 Å². The van der Waals surface area contributed by atoms with E-state index < -0.39 is 0 Å². The van der Waals surface area contributed by atoms with Gasteiger partial charge in [-0.25, -0.2) is 0 Å². The maximum absolute atomic E-state index is 9.09. The Bertz CT molecular complexity index is 382. The van der Waals surface area contributed by atoms with E-state index in [2.05, 4.69) is 30.9 Å². The van der Waals surface area contributed by atoms with Crippen molar-refractivity contribution in [2.45, 2.75) is 58.4 Å². The van der Waals surface area contributed by atoms with Crippen molar-refractivity contribution in [3.8, 4) is 0 Å². The number of ether oxygens (including phenoxy) is 1. The highest BCUT2D eigenvalue weighted by Gasteiger charge is 2.19. The van der Waals surface area contributed by atoms with Crippen molar-refractivity contribution in [3.05, 3.63) is 35.4 Å². The molecule has 1 N–H and O–H groups in total. The Morgan fingerprint density at radius 1 is 1.20 bits per heavy atom. The average Bonchev–Trinajstić information content (AvgIpc) is 2.48. The van der Waals surface area contributed by atoms with Gasteiger partial charge < -0.3 is 9.84 Å². The van der Waals surface area contributed by atoms with E-state index >= 15 is 0 Å². The van der Waals surface area contributed by atoms with Crippen LogP contribution in [0.3, 0.4) is 0 Å². The summed E-state index contributed by atoms with van der Waals surface area (Å²) < 4.78 is 5.86. The highest BCUT2D eigenvalue weighted by molar-refractivity contribution is 5.21. The van der Waals surface area contributed by atoms with Crippen LogP contribution in [0.4, 0.5) is 0 Å². The number of rotatable bonds is 6. The Balaban J connectivity index is 1.93. The minimum atomic E-state index is 0.115. The van der Waals surface area contributed by atoms with Crippen LogP contribution in [0.25, 0.3) is 0 Å². The van der Waals surface area contributed by atoms with Gasteiger partial charge in [-0.1, -0.05) is 24.3 Å². The second kappa shape index (κ2) is 7.77. The Morgan fingerprint density at radius 3 is 2.45 bits per heavy atom. The minimum Gasteiger partial charge on any atom is -0.392 e. The summed E-state index contributed by atoms with van der Waals surface area (Å²) in [6, 6.07) is 8.75. The van der Waals surface area contributed by atoms with Crippen LogP contribution in [-0.2, 0) is 17.9 Å². The summed E-state index contributed by atoms with van der Waals surface area (Å²) in [6.07, 6.45) is 4.08. The van der Waals surface area contributed by atoms with E-state index in [9.17, 15) is 0 Å². The predicted octanol–water partition coefficient (Wildman–Crippen LogP) is 2.96. The molecule has 1 aromatic rings. The van der Waals surface area contributed by atoms with Crippen LogP contribution in [0.5, 0.6) is 0 Å². The molecule has 1 aliphatic rings. The molecule has 1 aromatic carbocycles. The van der Waals surface area contributed by atoms with Crippen molar-refractivity contribution in [3.63, 3.8) is 0 Å². The second-order valence-electron chi connectivity index (χ2n) is 5.99. The van der Waals surface area contributed by atoms with Crippen LogP contribution in [0, 0.1) is 0 Å². The molecule has 0 aromatic heterocycles. The van der Waals surface area contributed by atoms with E-state index in [4.69, 9.17) is 9.84 Å². The zero-order valence-electron chi connectivity index (χ0n) is 12.7. The zero-order chi connectivity index (χ0) is 14.4. The molecule has 0 bridgehead atoms. The largest absolute Gasteiger partial charge is 0.392 e. The number of nitrogens with zero attached hydrogens (tertiary/aromatic N) is 1. The fourth-order valence-corrected chi connectivity index (χ4v) is 2.66. The van der Waals surface area contributed by atoms with Gasteiger partial charge in [0.05, 0.1) is 12.7 Å². The average molecular weight is 277 g/mol. The van der Waals surface area contributed by atoms with E-state index in [1.807, 2.05) is 12.1 Å². The van der Waals surface area contributed by atoms with Crippen molar-refractivity contribution in [2.24, 2.45) is 0 Å². The maximum atomic E-state index is 9.09. The summed E-state index contributed by atoms with van der Waals surface area (Å²) in [6.45, 7) is 7.48. The summed E-state index contributed by atoms with van der Waals surface area (Å²) in [4.78, 5) is 2.48. The molecule has 112 valence electrons. The molecular weight excluding hydrogens is 250 g/mol. The molecule has 0 saturated carbocycles. The first kappa shape index (κ1) is 15.5. The fraction of sp³-hybridized carbons (Fsp3) is 0.647. The molecule has 1 heterocycles. The monoisotopic (exact) mass is 277 g/mol. The standard InChI is InChI=1S/C17H27NO2/c1-14(2)18(12-17-5-3-4-10-20-17)11-15-6-8-16(13-19)9-7-15/h6-9,14,17,19H,3-5,10-13H2,1-2H3. The number of aliphatic hydroxyl groups excluding tert-OH is 1. The van der Waals surface area contributed by atoms with Crippen molar-refractivity contribution in [1.29, 1.82) is 0 Å². The van der Waals surface area contributed by atoms with Crippen molar-refractivity contribution < 1.29 is 9.84 Å². The summed E-state index contributed by atoms with van der Waals surface area (Å²) in [5.41, 5.74) is 2.27. The zero-order valence-corrected chi connectivity index (χ0v) is 12.7. The third-order valence-electron chi connectivity index (χ3n) is 4.03. The molecule has 0 radical (unpaired) electrons. The molecule has 1 saturated heterocycles. The minimum absolute atomic E-state index is 0.115. The normalized spacial score (nSPS) is 19.8. The van der Waals surface area contributed by atoms with Crippen molar-refractivity contribution in [1.82, 2.24) is 4.90 Å². The lowest BCUT2D eigenvalue weighted by atomic mass is 10.1. The molecule has 1 atom stereocenters. The Labute approximate surface area is 122 Å². The third-order valence-corrected chi connectivity index (χ3v) is 4.03. The SMILES string of the molecule is CC(C)N(Cc1ccc(CO)cc1)CC1CCCCO1. The first-order valence-electron chi connectivity index (χ1n) is 7.73. The quantitative estimate of drug-likeness (QED) is 0.867. The predicted molar refractivity (Wildman–Crippen MR) is 81.5 cm³/mol. The van der Waals surface area contributed by atoms with Gasteiger partial charge in [-0.3, -0.25) is 4.90 Å². The van der Waals surface area contributed by atoms with Gasteiger partial charge in [-0.2, -0.15) is 0 Å². The molecule has 20 heavy (non-hydrogen) atoms. The van der Waals surface area contributed by atoms with E-state index in [1.54, 1.807) is 0 Å². The van der Waals surface area contributed by atoms with E-state index in [0.717, 1.165) is 25.3 Å². The molecule has 0 spiro atoms. The van der Waals surface area contributed by atoms with E-state index in [1.165, 1.54) is 24.8 Å². The molecule has 0 amide bonds. The van der Waals surface area contributed by atoms with Crippen molar-refractivity contribution >= 4 is 0 Å². The number of benzene rings is 1. The maximum Gasteiger partial charge on any atom is 0.0702 e. The highest BCUT2D eigenvalue weighted by atomic mass is 16.5. The van der Waals surface area contributed by atoms with Crippen LogP contribution in [0.1, 0.15) is 44.2 Å². The van der Waals surface area contributed by atoms with Crippen LogP contribution in [-0.4, -0.2) is 35.3 Å². The topological polar surface area (TPSA) is 32.7 Å². The Hall–Kier alpha value is -0.900. The highest BCUT2D eigenvalue weighted by Crippen LogP contribution is 2.17. The summed E-state index contributed by atoms with van der Waals surface area (Å²) in [5, 5.41) is 9.09. The van der Waals surface area contributed by atoms with Crippen LogP contribution >= 0.6 is 0 Å². The smallest absolute Gasteiger partial charge is 0.0702 e. The summed E-state index contributed by atoms with van der Waals surface area (Å²) in [5.74, 6) is 0. The molecule has 1 aliphatic heterocycles. The van der Waals surface area contributed by atoms with Gasteiger partial charge in [0.2, 0.25) is 0 Å². The van der Waals surface area contributed by atoms with E-state index in [0.29, 0.717) is 12.1 Å². The molecule has 0 aliphatic carbocycles. The second-order valence-corrected chi connectivity index (χ2v) is 5.99. The van der Waals surface area contributed by atoms with Gasteiger partial charge in [-0.05, 0) is 44.2 Å². The molecule has 2 rings (SSSR count). The van der Waals surface area contributed by atoms with Gasteiger partial charge in [-0.15, -0.1) is 0 Å². The first-order valence-corrected chi connectivity index (χ1v) is 7.73. The lowest BCUT2D eigenvalue weighted by Gasteiger charge is -2.32. The lowest BCUT2D eigenvalue weighted by Crippen LogP contribution is -2.39. The van der Waals surface area contributed by atoms with Crippen molar-refractivity contribution in [2.75, 3.05) is 13.2 Å². The Kier molecular flexibility index (Phi) is 6.02. The molecule has 1 fully saturated rings. The van der Waals surface area contributed by atoms with Gasteiger partial charge in [0.25, 0.3) is 0 Å². The van der Waals surface area contributed by atoms with Gasteiger partial charge >= 0.3 is 0 Å². The molecule has 1 unspecified atom stereocenters. The van der Waals surface area contributed by atoms with Crippen LogP contribution in [0.15, 0.2) is 24.3 Å². The van der Waals surface area contributed by atoms with Gasteiger partial charge in [0.1, 0.15) is 0 Å².